The summed E-state index contributed by atoms with van der Waals surface area (Å²) in [4.78, 5) is 24.2. The first-order chi connectivity index (χ1) is 14.3. The van der Waals surface area contributed by atoms with Gasteiger partial charge in [0.1, 0.15) is 5.82 Å². The van der Waals surface area contributed by atoms with E-state index in [1.165, 1.54) is 36.4 Å². The number of halogens is 1. The Morgan fingerprint density at radius 2 is 1.40 bits per heavy atom. The third-order valence-electron chi connectivity index (χ3n) is 4.11. The third kappa shape index (κ3) is 5.49. The average Bonchev–Trinajstić information content (AvgIpc) is 2.77. The molecule has 0 bridgehead atoms. The van der Waals surface area contributed by atoms with Crippen molar-refractivity contribution in [2.24, 2.45) is 0 Å². The molecule has 0 aliphatic rings. The smallest absolute Gasteiger partial charge is 0.267 e. The maximum absolute atomic E-state index is 12.9. The first kappa shape index (κ1) is 21.2. The number of carbonyl (C=O) groups is 2. The van der Waals surface area contributed by atoms with Gasteiger partial charge in [0.05, 0.1) is 4.90 Å². The van der Waals surface area contributed by atoms with Gasteiger partial charge in [-0.15, -0.1) is 0 Å². The van der Waals surface area contributed by atoms with Crippen LogP contribution >= 0.6 is 0 Å². The third-order valence-corrected chi connectivity index (χ3v) is 5.51. The Balaban J connectivity index is 1.64. The van der Waals surface area contributed by atoms with E-state index < -0.39 is 27.7 Å². The van der Waals surface area contributed by atoms with Crippen molar-refractivity contribution in [3.63, 3.8) is 0 Å². The zero-order valence-corrected chi connectivity index (χ0v) is 16.4. The largest absolute Gasteiger partial charge is 0.269 e. The van der Waals surface area contributed by atoms with E-state index in [1.54, 1.807) is 24.3 Å². The van der Waals surface area contributed by atoms with Crippen LogP contribution in [0.2, 0.25) is 0 Å². The molecule has 9 heteroatoms. The molecule has 0 unspecified atom stereocenters. The molecule has 2 amide bonds. The van der Waals surface area contributed by atoms with Crippen molar-refractivity contribution in [1.82, 2.24) is 15.6 Å². The number of nitrogens with one attached hydrogen (secondary N) is 3. The molecule has 3 aromatic carbocycles. The van der Waals surface area contributed by atoms with Gasteiger partial charge in [0.15, 0.2) is 0 Å². The highest BCUT2D eigenvalue weighted by atomic mass is 32.2. The maximum Gasteiger partial charge on any atom is 0.269 e. The second-order valence-corrected chi connectivity index (χ2v) is 8.02. The van der Waals surface area contributed by atoms with Crippen molar-refractivity contribution in [2.45, 2.75) is 11.4 Å². The van der Waals surface area contributed by atoms with Gasteiger partial charge in [-0.25, -0.2) is 17.5 Å². The summed E-state index contributed by atoms with van der Waals surface area (Å²) >= 11 is 0. The summed E-state index contributed by atoms with van der Waals surface area (Å²) in [7, 11) is -3.85. The molecular formula is C21H18FN3O4S. The minimum absolute atomic E-state index is 0.0389. The van der Waals surface area contributed by atoms with Gasteiger partial charge in [0.25, 0.3) is 11.8 Å². The molecule has 7 nitrogen and oxygen atoms in total. The van der Waals surface area contributed by atoms with E-state index in [4.69, 9.17) is 0 Å². The normalized spacial score (nSPS) is 11.0. The standard InChI is InChI=1S/C21H18FN3O4S/c22-18-11-9-16(10-12-18)20(26)24-25-21(27)17-7-4-8-19(13-17)30(28,29)23-14-15-5-2-1-3-6-15/h1-13,23H,14H2,(H,24,26)(H,25,27). The van der Waals surface area contributed by atoms with Crippen LogP contribution in [0, 0.1) is 5.82 Å². The second-order valence-electron chi connectivity index (χ2n) is 6.25. The Hall–Kier alpha value is -3.56. The highest BCUT2D eigenvalue weighted by Gasteiger charge is 2.16. The SMILES string of the molecule is O=C(NNC(=O)c1cccc(S(=O)(=O)NCc2ccccc2)c1)c1ccc(F)cc1. The van der Waals surface area contributed by atoms with Gasteiger partial charge in [0.2, 0.25) is 10.0 Å². The van der Waals surface area contributed by atoms with E-state index in [0.29, 0.717) is 0 Å². The minimum atomic E-state index is -3.85. The Kier molecular flexibility index (Phi) is 6.55. The average molecular weight is 427 g/mol. The zero-order chi connectivity index (χ0) is 21.6. The van der Waals surface area contributed by atoms with Gasteiger partial charge in [-0.2, -0.15) is 0 Å². The van der Waals surface area contributed by atoms with E-state index in [9.17, 15) is 22.4 Å². The molecule has 0 aliphatic heterocycles. The number of hydrogen-bond donors (Lipinski definition) is 3. The lowest BCUT2D eigenvalue weighted by Gasteiger charge is -2.10. The fraction of sp³-hybridized carbons (Fsp3) is 0.0476. The number of amides is 2. The lowest BCUT2D eigenvalue weighted by Crippen LogP contribution is -2.41. The van der Waals surface area contributed by atoms with Crippen LogP contribution in [0.25, 0.3) is 0 Å². The Bertz CT molecular complexity index is 1150. The molecule has 3 rings (SSSR count). The van der Waals surface area contributed by atoms with Crippen molar-refractivity contribution in [3.8, 4) is 0 Å². The van der Waals surface area contributed by atoms with Crippen molar-refractivity contribution < 1.29 is 22.4 Å². The van der Waals surface area contributed by atoms with E-state index in [2.05, 4.69) is 15.6 Å². The first-order valence-corrected chi connectivity index (χ1v) is 10.3. The summed E-state index contributed by atoms with van der Waals surface area (Å²) < 4.78 is 40.4. The van der Waals surface area contributed by atoms with Crippen LogP contribution in [0.4, 0.5) is 4.39 Å². The molecule has 0 radical (unpaired) electrons. The van der Waals surface area contributed by atoms with Gasteiger partial charge < -0.3 is 0 Å². The summed E-state index contributed by atoms with van der Waals surface area (Å²) in [6.45, 7) is 0.104. The number of carbonyl (C=O) groups excluding carboxylic acids is 2. The summed E-state index contributed by atoms with van der Waals surface area (Å²) in [5.74, 6) is -1.84. The predicted octanol–water partition coefficient (Wildman–Crippen LogP) is 2.38. The van der Waals surface area contributed by atoms with Crippen LogP contribution < -0.4 is 15.6 Å². The van der Waals surface area contributed by atoms with Crippen molar-refractivity contribution in [3.05, 3.63) is 101 Å². The minimum Gasteiger partial charge on any atom is -0.267 e. The molecule has 0 heterocycles. The molecular weight excluding hydrogens is 409 g/mol. The van der Waals surface area contributed by atoms with Gasteiger partial charge in [-0.05, 0) is 48.0 Å². The van der Waals surface area contributed by atoms with Crippen LogP contribution in [-0.4, -0.2) is 20.2 Å². The van der Waals surface area contributed by atoms with Gasteiger partial charge >= 0.3 is 0 Å². The molecule has 0 fully saturated rings. The molecule has 3 N–H and O–H groups in total. The second kappa shape index (κ2) is 9.29. The lowest BCUT2D eigenvalue weighted by atomic mass is 10.2. The van der Waals surface area contributed by atoms with Crippen molar-refractivity contribution in [2.75, 3.05) is 0 Å². The van der Waals surface area contributed by atoms with E-state index in [-0.39, 0.29) is 22.6 Å². The summed E-state index contributed by atoms with van der Waals surface area (Å²) in [5.41, 5.74) is 5.38. The van der Waals surface area contributed by atoms with E-state index in [0.717, 1.165) is 17.7 Å². The number of hydrazine groups is 1. The van der Waals surface area contributed by atoms with E-state index in [1.807, 2.05) is 6.07 Å². The van der Waals surface area contributed by atoms with E-state index >= 15 is 0 Å². The molecule has 154 valence electrons. The fourth-order valence-corrected chi connectivity index (χ4v) is 3.58. The molecule has 3 aromatic rings. The Morgan fingerprint density at radius 3 is 2.07 bits per heavy atom. The number of rotatable bonds is 6. The molecule has 30 heavy (non-hydrogen) atoms. The zero-order valence-electron chi connectivity index (χ0n) is 15.6. The van der Waals surface area contributed by atoms with Crippen LogP contribution in [-0.2, 0) is 16.6 Å². The Morgan fingerprint density at radius 1 is 0.767 bits per heavy atom. The number of sulfonamides is 1. The van der Waals surface area contributed by atoms with Gasteiger partial charge in [-0.3, -0.25) is 20.4 Å². The number of hydrogen-bond acceptors (Lipinski definition) is 4. The van der Waals surface area contributed by atoms with Crippen LogP contribution in [0.3, 0.4) is 0 Å². The molecule has 0 aliphatic carbocycles. The van der Waals surface area contributed by atoms with Gasteiger partial charge in [-0.1, -0.05) is 36.4 Å². The maximum atomic E-state index is 12.9. The highest BCUT2D eigenvalue weighted by Crippen LogP contribution is 2.12. The summed E-state index contributed by atoms with van der Waals surface area (Å²) in [5, 5.41) is 0. The quantitative estimate of drug-likeness (QED) is 0.526. The Labute approximate surface area is 173 Å². The van der Waals surface area contributed by atoms with Crippen LogP contribution in [0.1, 0.15) is 26.3 Å². The molecule has 0 saturated heterocycles. The summed E-state index contributed by atoms with van der Waals surface area (Å²) in [6, 6.07) is 19.2. The van der Waals surface area contributed by atoms with Gasteiger partial charge in [0, 0.05) is 17.7 Å². The number of benzene rings is 3. The molecule has 0 atom stereocenters. The monoisotopic (exact) mass is 427 g/mol. The highest BCUT2D eigenvalue weighted by molar-refractivity contribution is 7.89. The van der Waals surface area contributed by atoms with Crippen LogP contribution in [0.15, 0.2) is 83.8 Å². The van der Waals surface area contributed by atoms with Crippen molar-refractivity contribution >= 4 is 21.8 Å². The predicted molar refractivity (Wildman–Crippen MR) is 108 cm³/mol. The first-order valence-electron chi connectivity index (χ1n) is 8.85. The molecule has 0 aromatic heterocycles. The van der Waals surface area contributed by atoms with Crippen LogP contribution in [0.5, 0.6) is 0 Å². The fourth-order valence-electron chi connectivity index (χ4n) is 2.52. The summed E-state index contributed by atoms with van der Waals surface area (Å²) in [6.07, 6.45) is 0. The van der Waals surface area contributed by atoms with Crippen molar-refractivity contribution in [1.29, 1.82) is 0 Å². The topological polar surface area (TPSA) is 104 Å². The molecule has 0 saturated carbocycles. The molecule has 0 spiro atoms. The lowest BCUT2D eigenvalue weighted by molar-refractivity contribution is 0.0846.